The van der Waals surface area contributed by atoms with E-state index < -0.39 is 17.8 Å². The summed E-state index contributed by atoms with van der Waals surface area (Å²) < 4.78 is 27.2. The molecule has 1 unspecified atom stereocenters. The Balaban J connectivity index is 1.30. The number of imide groups is 1. The average molecular weight is 460 g/mol. The maximum Gasteiger partial charge on any atom is 0.255 e. The van der Waals surface area contributed by atoms with Gasteiger partial charge in [-0.3, -0.25) is 19.7 Å². The van der Waals surface area contributed by atoms with Crippen molar-refractivity contribution in [1.82, 2.24) is 15.5 Å². The van der Waals surface area contributed by atoms with Gasteiger partial charge >= 0.3 is 0 Å². The first-order valence-electron chi connectivity index (χ1n) is 11.9. The van der Waals surface area contributed by atoms with Gasteiger partial charge in [0.2, 0.25) is 11.8 Å². The predicted octanol–water partition coefficient (Wildman–Crippen LogP) is 1.45. The molecule has 33 heavy (non-hydrogen) atoms. The molecule has 0 bridgehead atoms. The number of piperidine rings is 1. The van der Waals surface area contributed by atoms with E-state index in [2.05, 4.69) is 10.6 Å². The van der Waals surface area contributed by atoms with E-state index in [0.29, 0.717) is 36.3 Å². The van der Waals surface area contributed by atoms with Crippen LogP contribution in [0.3, 0.4) is 0 Å². The van der Waals surface area contributed by atoms with Crippen molar-refractivity contribution in [1.29, 1.82) is 0 Å². The van der Waals surface area contributed by atoms with Crippen molar-refractivity contribution in [3.63, 3.8) is 0 Å². The molecule has 178 valence electrons. The van der Waals surface area contributed by atoms with Crippen molar-refractivity contribution in [2.24, 2.45) is 0 Å². The van der Waals surface area contributed by atoms with Crippen LogP contribution in [0.1, 0.15) is 60.0 Å². The summed E-state index contributed by atoms with van der Waals surface area (Å²) in [6.45, 7) is 2.18. The maximum absolute atomic E-state index is 15.6. The lowest BCUT2D eigenvalue weighted by molar-refractivity contribution is -0.136. The van der Waals surface area contributed by atoms with Crippen LogP contribution in [0.15, 0.2) is 12.1 Å². The number of benzene rings is 1. The number of carbonyl (C=O) groups excluding carboxylic acids is 3. The van der Waals surface area contributed by atoms with Gasteiger partial charge < -0.3 is 19.7 Å². The Kier molecular flexibility index (Phi) is 6.44. The molecule has 9 heteroatoms. The monoisotopic (exact) mass is 459 g/mol. The van der Waals surface area contributed by atoms with E-state index in [1.165, 1.54) is 4.90 Å². The van der Waals surface area contributed by atoms with Crippen LogP contribution in [0.25, 0.3) is 0 Å². The summed E-state index contributed by atoms with van der Waals surface area (Å²) in [5, 5.41) is 5.93. The van der Waals surface area contributed by atoms with Crippen molar-refractivity contribution in [2.75, 3.05) is 19.8 Å². The zero-order valence-corrected chi connectivity index (χ0v) is 18.6. The van der Waals surface area contributed by atoms with E-state index in [4.69, 9.17) is 9.47 Å². The Morgan fingerprint density at radius 1 is 1.12 bits per heavy atom. The highest BCUT2D eigenvalue weighted by Crippen LogP contribution is 2.32. The zero-order chi connectivity index (χ0) is 22.9. The number of ether oxygens (including phenoxy) is 2. The zero-order valence-electron chi connectivity index (χ0n) is 18.6. The summed E-state index contributed by atoms with van der Waals surface area (Å²) in [6.07, 6.45) is 4.71. The highest BCUT2D eigenvalue weighted by atomic mass is 19.1. The molecule has 3 saturated heterocycles. The van der Waals surface area contributed by atoms with Crippen molar-refractivity contribution in [2.45, 2.75) is 75.7 Å². The number of hydrogen-bond acceptors (Lipinski definition) is 6. The molecular formula is C24H30FN3O5. The Morgan fingerprint density at radius 2 is 1.97 bits per heavy atom. The first-order valence-corrected chi connectivity index (χ1v) is 11.9. The fourth-order valence-corrected chi connectivity index (χ4v) is 5.43. The van der Waals surface area contributed by atoms with Gasteiger partial charge in [0.25, 0.3) is 5.91 Å². The summed E-state index contributed by atoms with van der Waals surface area (Å²) in [7, 11) is 0. The molecule has 4 heterocycles. The number of amides is 3. The van der Waals surface area contributed by atoms with E-state index >= 15 is 4.39 Å². The number of nitrogens with one attached hydrogen (secondary N) is 2. The first kappa shape index (κ1) is 22.4. The van der Waals surface area contributed by atoms with Gasteiger partial charge in [0.1, 0.15) is 11.9 Å². The van der Waals surface area contributed by atoms with Gasteiger partial charge in [-0.15, -0.1) is 0 Å². The molecule has 0 spiro atoms. The fraction of sp³-hybridized carbons (Fsp3) is 0.625. The second kappa shape index (κ2) is 9.48. The molecule has 1 aromatic carbocycles. The molecule has 5 rings (SSSR count). The minimum atomic E-state index is -0.751. The van der Waals surface area contributed by atoms with Crippen LogP contribution in [-0.2, 0) is 32.0 Å². The normalized spacial score (nSPS) is 30.3. The lowest BCUT2D eigenvalue weighted by atomic mass is 9.93. The molecule has 4 aliphatic heterocycles. The van der Waals surface area contributed by atoms with Crippen LogP contribution in [-0.4, -0.2) is 66.7 Å². The summed E-state index contributed by atoms with van der Waals surface area (Å²) in [6, 6.07) is 2.98. The maximum atomic E-state index is 15.6. The standard InChI is InChI=1S/C24H30FN3O5/c25-22-14(11-20-18(4-2-10-33-20)26-15-3-1-9-32-13-15)5-6-16-17(22)12-28(24(16)31)19-7-8-21(29)27-23(19)30/h5-6,15,18-20,26H,1-4,7-13H2,(H,27,29,30)/t15-,18-,19?,20+/m0/s1. The summed E-state index contributed by atoms with van der Waals surface area (Å²) in [4.78, 5) is 38.0. The Labute approximate surface area is 192 Å². The van der Waals surface area contributed by atoms with Gasteiger partial charge in [-0.2, -0.15) is 0 Å². The Hall–Kier alpha value is -2.36. The summed E-state index contributed by atoms with van der Waals surface area (Å²) in [5.41, 5.74) is 1.13. The molecule has 0 aromatic heterocycles. The highest BCUT2D eigenvalue weighted by Gasteiger charge is 2.41. The van der Waals surface area contributed by atoms with Crippen molar-refractivity contribution < 1.29 is 28.2 Å². The Morgan fingerprint density at radius 3 is 2.76 bits per heavy atom. The Bertz CT molecular complexity index is 948. The molecular weight excluding hydrogens is 429 g/mol. The molecule has 4 atom stereocenters. The molecule has 8 nitrogen and oxygen atoms in total. The van der Waals surface area contributed by atoms with Crippen LogP contribution in [0.5, 0.6) is 0 Å². The number of nitrogens with zero attached hydrogens (tertiary/aromatic N) is 1. The SMILES string of the molecule is O=C1CCC(N2Cc3c(ccc(C[C@H]4OCCC[C@@H]4N[C@H]4CCCOC4)c3F)C2=O)C(=O)N1. The van der Waals surface area contributed by atoms with E-state index in [-0.39, 0.29) is 49.4 Å². The minimum absolute atomic E-state index is 0.0345. The van der Waals surface area contributed by atoms with Crippen molar-refractivity contribution in [3.05, 3.63) is 34.6 Å². The topological polar surface area (TPSA) is 97.0 Å². The third kappa shape index (κ3) is 4.54. The number of carbonyl (C=O) groups is 3. The number of rotatable bonds is 5. The quantitative estimate of drug-likeness (QED) is 0.647. The van der Waals surface area contributed by atoms with Crippen LogP contribution in [0.4, 0.5) is 4.39 Å². The molecule has 4 aliphatic rings. The van der Waals surface area contributed by atoms with Crippen LogP contribution < -0.4 is 10.6 Å². The van der Waals surface area contributed by atoms with Crippen LogP contribution in [0.2, 0.25) is 0 Å². The molecule has 3 amide bonds. The first-order chi connectivity index (χ1) is 16.0. The molecule has 3 fully saturated rings. The van der Waals surface area contributed by atoms with Crippen molar-refractivity contribution >= 4 is 17.7 Å². The van der Waals surface area contributed by atoms with E-state index in [9.17, 15) is 14.4 Å². The van der Waals surface area contributed by atoms with Crippen LogP contribution >= 0.6 is 0 Å². The van der Waals surface area contributed by atoms with E-state index in [0.717, 1.165) is 32.3 Å². The van der Waals surface area contributed by atoms with E-state index in [1.54, 1.807) is 12.1 Å². The van der Waals surface area contributed by atoms with Gasteiger partial charge in [0.05, 0.1) is 19.3 Å². The van der Waals surface area contributed by atoms with Gasteiger partial charge in [0.15, 0.2) is 0 Å². The lowest BCUT2D eigenvalue weighted by Gasteiger charge is -2.36. The molecule has 0 saturated carbocycles. The molecule has 1 aromatic rings. The minimum Gasteiger partial charge on any atom is -0.380 e. The predicted molar refractivity (Wildman–Crippen MR) is 116 cm³/mol. The van der Waals surface area contributed by atoms with Crippen molar-refractivity contribution in [3.8, 4) is 0 Å². The number of fused-ring (bicyclic) bond motifs is 1. The smallest absolute Gasteiger partial charge is 0.255 e. The second-order valence-electron chi connectivity index (χ2n) is 9.41. The number of hydrogen-bond donors (Lipinski definition) is 2. The highest BCUT2D eigenvalue weighted by molar-refractivity contribution is 6.05. The van der Waals surface area contributed by atoms with Gasteiger partial charge in [-0.25, -0.2) is 4.39 Å². The summed E-state index contributed by atoms with van der Waals surface area (Å²) in [5.74, 6) is -1.60. The lowest BCUT2D eigenvalue weighted by Crippen LogP contribution is -2.52. The van der Waals surface area contributed by atoms with Gasteiger partial charge in [-0.1, -0.05) is 6.07 Å². The molecule has 0 aliphatic carbocycles. The van der Waals surface area contributed by atoms with Crippen LogP contribution in [0, 0.1) is 5.82 Å². The fourth-order valence-electron chi connectivity index (χ4n) is 5.43. The summed E-state index contributed by atoms with van der Waals surface area (Å²) >= 11 is 0. The van der Waals surface area contributed by atoms with E-state index in [1.807, 2.05) is 0 Å². The van der Waals surface area contributed by atoms with Gasteiger partial charge in [0, 0.05) is 49.3 Å². The average Bonchev–Trinajstić information content (AvgIpc) is 3.14. The molecule has 2 N–H and O–H groups in total. The van der Waals surface area contributed by atoms with Gasteiger partial charge in [-0.05, 0) is 43.7 Å². The third-order valence-electron chi connectivity index (χ3n) is 7.20. The number of halogens is 1. The largest absolute Gasteiger partial charge is 0.380 e. The third-order valence-corrected chi connectivity index (χ3v) is 7.20. The molecule has 0 radical (unpaired) electrons. The second-order valence-corrected chi connectivity index (χ2v) is 9.41.